The van der Waals surface area contributed by atoms with E-state index in [0.29, 0.717) is 16.3 Å². The molecule has 2 aromatic rings. The first-order valence-corrected chi connectivity index (χ1v) is 7.77. The number of thioether (sulfide) groups is 1. The van der Waals surface area contributed by atoms with Crippen molar-refractivity contribution >= 4 is 11.8 Å². The van der Waals surface area contributed by atoms with Crippen molar-refractivity contribution < 1.29 is 5.11 Å². The quantitative estimate of drug-likeness (QED) is 0.874. The third-order valence-corrected chi connectivity index (χ3v) is 4.69. The maximum atomic E-state index is 10.2. The molecule has 0 aliphatic carbocycles. The van der Waals surface area contributed by atoms with E-state index in [-0.39, 0.29) is 0 Å². The summed E-state index contributed by atoms with van der Waals surface area (Å²) in [5, 5.41) is 20.2. The molecule has 3 nitrogen and oxygen atoms in total. The summed E-state index contributed by atoms with van der Waals surface area (Å²) in [6.45, 7) is 5.87. The normalized spacial score (nSPS) is 12.0. The average Bonchev–Trinajstić information content (AvgIpc) is 2.51. The summed E-state index contributed by atoms with van der Waals surface area (Å²) in [5.41, 5.74) is 4.46. The van der Waals surface area contributed by atoms with Crippen LogP contribution in [0.3, 0.4) is 0 Å². The Bertz CT molecular complexity index is 677. The third kappa shape index (κ3) is 3.44. The number of rotatable bonds is 4. The molecule has 0 aliphatic heterocycles. The molecule has 0 fully saturated rings. The fraction of sp³-hybridized carbons (Fsp3) is 0.294. The Kier molecular flexibility index (Phi) is 5.00. The Morgan fingerprint density at radius 2 is 1.86 bits per heavy atom. The molecule has 1 aromatic carbocycles. The van der Waals surface area contributed by atoms with Crippen LogP contribution in [0.4, 0.5) is 0 Å². The van der Waals surface area contributed by atoms with Crippen LogP contribution in [0, 0.1) is 32.1 Å². The Morgan fingerprint density at radius 3 is 2.48 bits per heavy atom. The molecule has 108 valence electrons. The number of aliphatic hydroxyl groups is 1. The van der Waals surface area contributed by atoms with Gasteiger partial charge in [0.1, 0.15) is 11.1 Å². The average molecular weight is 298 g/mol. The van der Waals surface area contributed by atoms with Gasteiger partial charge in [0, 0.05) is 11.4 Å². The predicted octanol–water partition coefficient (Wildman–Crippen LogP) is 3.70. The predicted molar refractivity (Wildman–Crippen MR) is 85.3 cm³/mol. The molecule has 1 aromatic heterocycles. The van der Waals surface area contributed by atoms with Crippen LogP contribution < -0.4 is 0 Å². The fourth-order valence-electron chi connectivity index (χ4n) is 2.08. The standard InChI is InChI=1S/C17H18N2OS/c1-11-12(2)15(9-18)17(19-13(11)3)21-10-16(20)14-7-5-4-6-8-14/h4-8,16,20H,10H2,1-3H3/t16-/m1/s1. The lowest BCUT2D eigenvalue weighted by atomic mass is 10.1. The zero-order valence-corrected chi connectivity index (χ0v) is 13.2. The van der Waals surface area contributed by atoms with Crippen LogP contribution in [0.15, 0.2) is 35.4 Å². The third-order valence-electron chi connectivity index (χ3n) is 3.64. The summed E-state index contributed by atoms with van der Waals surface area (Å²) in [7, 11) is 0. The van der Waals surface area contributed by atoms with Crippen LogP contribution in [0.1, 0.15) is 34.1 Å². The molecular weight excluding hydrogens is 280 g/mol. The molecule has 1 N–H and O–H groups in total. The number of aromatic nitrogens is 1. The molecule has 0 saturated heterocycles. The van der Waals surface area contributed by atoms with Gasteiger partial charge in [-0.05, 0) is 37.5 Å². The van der Waals surface area contributed by atoms with E-state index in [9.17, 15) is 10.4 Å². The smallest absolute Gasteiger partial charge is 0.114 e. The van der Waals surface area contributed by atoms with E-state index < -0.39 is 6.10 Å². The van der Waals surface area contributed by atoms with Crippen molar-refractivity contribution in [2.75, 3.05) is 5.75 Å². The first-order chi connectivity index (χ1) is 10.0. The lowest BCUT2D eigenvalue weighted by Crippen LogP contribution is -2.03. The molecule has 21 heavy (non-hydrogen) atoms. The largest absolute Gasteiger partial charge is 0.388 e. The summed E-state index contributed by atoms with van der Waals surface area (Å²) in [6, 6.07) is 11.8. The van der Waals surface area contributed by atoms with E-state index in [2.05, 4.69) is 11.1 Å². The van der Waals surface area contributed by atoms with Crippen molar-refractivity contribution in [2.24, 2.45) is 0 Å². The minimum Gasteiger partial charge on any atom is -0.388 e. The SMILES string of the molecule is Cc1nc(SC[C@@H](O)c2ccccc2)c(C#N)c(C)c1C. The molecule has 0 unspecified atom stereocenters. The van der Waals surface area contributed by atoms with Gasteiger partial charge in [0.2, 0.25) is 0 Å². The first-order valence-electron chi connectivity index (χ1n) is 6.78. The Morgan fingerprint density at radius 1 is 1.19 bits per heavy atom. The highest BCUT2D eigenvalue weighted by molar-refractivity contribution is 7.99. The molecule has 4 heteroatoms. The number of hydrogen-bond acceptors (Lipinski definition) is 4. The summed E-state index contributed by atoms with van der Waals surface area (Å²) in [5.74, 6) is 0.480. The van der Waals surface area contributed by atoms with Gasteiger partial charge in [-0.1, -0.05) is 30.3 Å². The van der Waals surface area contributed by atoms with Gasteiger partial charge < -0.3 is 5.11 Å². The van der Waals surface area contributed by atoms with E-state index in [1.165, 1.54) is 11.8 Å². The Hall–Kier alpha value is -1.83. The van der Waals surface area contributed by atoms with Crippen molar-refractivity contribution in [3.8, 4) is 6.07 Å². The first kappa shape index (κ1) is 15.6. The zero-order chi connectivity index (χ0) is 15.4. The second-order valence-corrected chi connectivity index (χ2v) is 5.99. The molecule has 0 bridgehead atoms. The topological polar surface area (TPSA) is 56.9 Å². The van der Waals surface area contributed by atoms with Crippen LogP contribution in [-0.4, -0.2) is 15.8 Å². The molecule has 0 spiro atoms. The second-order valence-electron chi connectivity index (χ2n) is 4.98. The van der Waals surface area contributed by atoms with Gasteiger partial charge in [0.25, 0.3) is 0 Å². The van der Waals surface area contributed by atoms with Gasteiger partial charge in [0.15, 0.2) is 0 Å². The lowest BCUT2D eigenvalue weighted by molar-refractivity contribution is 0.204. The maximum Gasteiger partial charge on any atom is 0.114 e. The summed E-state index contributed by atoms with van der Waals surface area (Å²) in [4.78, 5) is 4.50. The molecule has 0 saturated carbocycles. The maximum absolute atomic E-state index is 10.2. The molecular formula is C17H18N2OS. The zero-order valence-electron chi connectivity index (χ0n) is 12.4. The molecule has 0 aliphatic rings. The van der Waals surface area contributed by atoms with Crippen molar-refractivity contribution in [2.45, 2.75) is 31.9 Å². The highest BCUT2D eigenvalue weighted by Crippen LogP contribution is 2.29. The number of aryl methyl sites for hydroxylation is 1. The Balaban J connectivity index is 2.19. The van der Waals surface area contributed by atoms with E-state index in [4.69, 9.17) is 0 Å². The molecule has 0 amide bonds. The highest BCUT2D eigenvalue weighted by Gasteiger charge is 2.15. The number of nitrogens with zero attached hydrogens (tertiary/aromatic N) is 2. The summed E-state index contributed by atoms with van der Waals surface area (Å²) >= 11 is 1.43. The molecule has 0 radical (unpaired) electrons. The van der Waals surface area contributed by atoms with Crippen LogP contribution in [0.2, 0.25) is 0 Å². The van der Waals surface area contributed by atoms with Gasteiger partial charge in [-0.2, -0.15) is 5.26 Å². The Labute approximate surface area is 129 Å². The van der Waals surface area contributed by atoms with E-state index in [1.54, 1.807) is 0 Å². The molecule has 1 heterocycles. The highest BCUT2D eigenvalue weighted by atomic mass is 32.2. The van der Waals surface area contributed by atoms with Gasteiger partial charge in [0.05, 0.1) is 11.7 Å². The monoisotopic (exact) mass is 298 g/mol. The van der Waals surface area contributed by atoms with E-state index in [1.807, 2.05) is 51.1 Å². The lowest BCUT2D eigenvalue weighted by Gasteiger charge is -2.13. The number of nitriles is 1. The van der Waals surface area contributed by atoms with Gasteiger partial charge >= 0.3 is 0 Å². The van der Waals surface area contributed by atoms with Crippen molar-refractivity contribution in [3.05, 3.63) is 58.3 Å². The van der Waals surface area contributed by atoms with Gasteiger partial charge in [-0.3, -0.25) is 0 Å². The fourth-order valence-corrected chi connectivity index (χ4v) is 3.13. The van der Waals surface area contributed by atoms with Gasteiger partial charge in [-0.15, -0.1) is 11.8 Å². The van der Waals surface area contributed by atoms with Crippen LogP contribution in [0.5, 0.6) is 0 Å². The number of aliphatic hydroxyl groups excluding tert-OH is 1. The van der Waals surface area contributed by atoms with Crippen molar-refractivity contribution in [1.82, 2.24) is 4.98 Å². The number of benzene rings is 1. The summed E-state index contributed by atoms with van der Waals surface area (Å²) in [6.07, 6.45) is -0.563. The van der Waals surface area contributed by atoms with Crippen molar-refractivity contribution in [1.29, 1.82) is 5.26 Å². The minimum absolute atomic E-state index is 0.480. The number of hydrogen-bond donors (Lipinski definition) is 1. The second kappa shape index (κ2) is 6.75. The van der Waals surface area contributed by atoms with Crippen molar-refractivity contribution in [3.63, 3.8) is 0 Å². The van der Waals surface area contributed by atoms with Crippen LogP contribution in [-0.2, 0) is 0 Å². The summed E-state index contributed by atoms with van der Waals surface area (Å²) < 4.78 is 0. The van der Waals surface area contributed by atoms with Crippen LogP contribution in [0.25, 0.3) is 0 Å². The van der Waals surface area contributed by atoms with E-state index >= 15 is 0 Å². The number of pyridine rings is 1. The van der Waals surface area contributed by atoms with E-state index in [0.717, 1.165) is 22.4 Å². The minimum atomic E-state index is -0.563. The van der Waals surface area contributed by atoms with Gasteiger partial charge in [-0.25, -0.2) is 4.98 Å². The molecule has 2 rings (SSSR count). The molecule has 1 atom stereocenters. The van der Waals surface area contributed by atoms with Crippen LogP contribution >= 0.6 is 11.8 Å².